The fourth-order valence-electron chi connectivity index (χ4n) is 2.69. The first-order valence-electron chi connectivity index (χ1n) is 8.64. The Kier molecular flexibility index (Phi) is 5.23. The van der Waals surface area contributed by atoms with Gasteiger partial charge < -0.3 is 15.0 Å². The minimum absolute atomic E-state index is 0.0130. The molecule has 0 saturated carbocycles. The summed E-state index contributed by atoms with van der Waals surface area (Å²) >= 11 is 0. The lowest BCUT2D eigenvalue weighted by Crippen LogP contribution is -2.19. The first kappa shape index (κ1) is 20.3. The lowest BCUT2D eigenvalue weighted by molar-refractivity contribution is -0.119. The Hall–Kier alpha value is -4.03. The molecule has 3 heterocycles. The molecule has 0 bridgehead atoms. The number of nitrogens with zero attached hydrogens (tertiary/aromatic N) is 5. The number of amides is 1. The molecule has 4 aromatic rings. The van der Waals surface area contributed by atoms with Gasteiger partial charge in [0.15, 0.2) is 17.9 Å². The van der Waals surface area contributed by atoms with Gasteiger partial charge in [-0.1, -0.05) is 5.16 Å². The lowest BCUT2D eigenvalue weighted by atomic mass is 10.2. The predicted molar refractivity (Wildman–Crippen MR) is 96.3 cm³/mol. The van der Waals surface area contributed by atoms with Crippen LogP contribution in [0.4, 0.5) is 17.6 Å². The van der Waals surface area contributed by atoms with E-state index in [0.29, 0.717) is 17.4 Å². The number of ether oxygens (including phenoxy) is 1. The average Bonchev–Trinajstić information content (AvgIpc) is 3.38. The largest absolute Gasteiger partial charge is 0.484 e. The van der Waals surface area contributed by atoms with Crippen molar-refractivity contribution in [2.24, 2.45) is 5.73 Å². The third kappa shape index (κ3) is 4.15. The highest BCUT2D eigenvalue weighted by atomic mass is 19.3. The number of carbonyl (C=O) groups excluding carboxylic acids is 1. The fourth-order valence-corrected chi connectivity index (χ4v) is 2.69. The van der Waals surface area contributed by atoms with Gasteiger partial charge in [-0.2, -0.15) is 10.1 Å². The van der Waals surface area contributed by atoms with Crippen LogP contribution in [-0.4, -0.2) is 37.3 Å². The summed E-state index contributed by atoms with van der Waals surface area (Å²) in [5.74, 6) is -0.186. The van der Waals surface area contributed by atoms with Crippen LogP contribution in [0.2, 0.25) is 0 Å². The Balaban J connectivity index is 1.64. The number of alkyl halides is 4. The Morgan fingerprint density at radius 2 is 1.84 bits per heavy atom. The molecule has 0 radical (unpaired) electrons. The van der Waals surface area contributed by atoms with E-state index < -0.39 is 30.1 Å². The van der Waals surface area contributed by atoms with Gasteiger partial charge in [0.1, 0.15) is 17.1 Å². The molecule has 4 rings (SSSR count). The molecular weight excluding hydrogens is 424 g/mol. The van der Waals surface area contributed by atoms with Gasteiger partial charge in [0.25, 0.3) is 24.6 Å². The summed E-state index contributed by atoms with van der Waals surface area (Å²) in [6, 6.07) is 8.10. The summed E-state index contributed by atoms with van der Waals surface area (Å²) in [6.07, 6.45) is -6.07. The van der Waals surface area contributed by atoms with Crippen molar-refractivity contribution in [3.63, 3.8) is 0 Å². The molecule has 0 aliphatic heterocycles. The van der Waals surface area contributed by atoms with Crippen LogP contribution in [-0.2, 0) is 4.79 Å². The molecule has 0 atom stereocenters. The van der Waals surface area contributed by atoms with Crippen molar-refractivity contribution in [3.8, 4) is 28.7 Å². The molecule has 0 saturated heterocycles. The molecule has 0 aliphatic carbocycles. The predicted octanol–water partition coefficient (Wildman–Crippen LogP) is 3.19. The second-order valence-corrected chi connectivity index (χ2v) is 6.21. The van der Waals surface area contributed by atoms with Crippen LogP contribution in [0.15, 0.2) is 40.9 Å². The van der Waals surface area contributed by atoms with Gasteiger partial charge in [-0.05, 0) is 30.3 Å². The Morgan fingerprint density at radius 3 is 2.48 bits per heavy atom. The lowest BCUT2D eigenvalue weighted by Gasteiger charge is -2.06. The third-order valence-electron chi connectivity index (χ3n) is 4.06. The number of primary amides is 1. The smallest absolute Gasteiger partial charge is 0.280 e. The first-order chi connectivity index (χ1) is 14.8. The van der Waals surface area contributed by atoms with Gasteiger partial charge in [0.2, 0.25) is 5.82 Å². The van der Waals surface area contributed by atoms with E-state index >= 15 is 0 Å². The number of carbonyl (C=O) groups is 1. The topological polar surface area (TPSA) is 121 Å². The molecule has 0 unspecified atom stereocenters. The second-order valence-electron chi connectivity index (χ2n) is 6.21. The molecule has 2 N–H and O–H groups in total. The standard InChI is InChI=1S/C18H12F4N6O3/c19-15(20)10-5-12(16(21)22)28-14(24-10)6-11(26-28)18-25-17(27-31-18)8-1-3-9(4-2-8)30-7-13(23)29/h1-6,15-16H,7H2,(H2,23,29). The number of fused-ring (bicyclic) bond motifs is 1. The first-order valence-corrected chi connectivity index (χ1v) is 8.64. The Bertz CT molecular complexity index is 1240. The van der Waals surface area contributed by atoms with E-state index in [4.69, 9.17) is 15.0 Å². The number of halogens is 4. The van der Waals surface area contributed by atoms with E-state index in [-0.39, 0.29) is 29.7 Å². The summed E-state index contributed by atoms with van der Waals surface area (Å²) in [7, 11) is 0. The summed E-state index contributed by atoms with van der Waals surface area (Å²) in [4.78, 5) is 18.5. The van der Waals surface area contributed by atoms with E-state index in [2.05, 4.69) is 20.2 Å². The van der Waals surface area contributed by atoms with Gasteiger partial charge in [-0.3, -0.25) is 4.79 Å². The van der Waals surface area contributed by atoms with E-state index in [9.17, 15) is 22.4 Å². The zero-order valence-corrected chi connectivity index (χ0v) is 15.4. The molecule has 160 valence electrons. The highest BCUT2D eigenvalue weighted by Gasteiger charge is 2.22. The van der Waals surface area contributed by atoms with Gasteiger partial charge >= 0.3 is 0 Å². The van der Waals surface area contributed by atoms with Crippen molar-refractivity contribution in [3.05, 3.63) is 47.8 Å². The number of benzene rings is 1. The summed E-state index contributed by atoms with van der Waals surface area (Å²) in [5, 5.41) is 7.74. The number of rotatable bonds is 7. The van der Waals surface area contributed by atoms with Gasteiger partial charge in [-0.25, -0.2) is 27.1 Å². The van der Waals surface area contributed by atoms with E-state index in [1.54, 1.807) is 24.3 Å². The van der Waals surface area contributed by atoms with E-state index in [1.807, 2.05) is 0 Å². The molecule has 13 heteroatoms. The molecule has 0 fully saturated rings. The Labute approximate surface area is 170 Å². The maximum absolute atomic E-state index is 13.3. The third-order valence-corrected chi connectivity index (χ3v) is 4.06. The molecule has 3 aromatic heterocycles. The van der Waals surface area contributed by atoms with Crippen molar-refractivity contribution >= 4 is 11.6 Å². The average molecular weight is 436 g/mol. The number of hydrogen-bond donors (Lipinski definition) is 1. The van der Waals surface area contributed by atoms with Gasteiger partial charge in [0.05, 0.1) is 0 Å². The normalized spacial score (nSPS) is 11.5. The highest BCUT2D eigenvalue weighted by molar-refractivity contribution is 5.75. The van der Waals surface area contributed by atoms with Crippen molar-refractivity contribution in [2.45, 2.75) is 12.9 Å². The minimum atomic E-state index is -3.05. The zero-order chi connectivity index (χ0) is 22.1. The monoisotopic (exact) mass is 436 g/mol. The van der Waals surface area contributed by atoms with Crippen LogP contribution in [0, 0.1) is 0 Å². The Morgan fingerprint density at radius 1 is 1.10 bits per heavy atom. The molecule has 1 amide bonds. The van der Waals surface area contributed by atoms with Crippen LogP contribution < -0.4 is 10.5 Å². The minimum Gasteiger partial charge on any atom is -0.484 e. The summed E-state index contributed by atoms with van der Waals surface area (Å²) in [6.45, 7) is -0.276. The molecule has 0 spiro atoms. The van der Waals surface area contributed by atoms with Crippen LogP contribution >= 0.6 is 0 Å². The van der Waals surface area contributed by atoms with E-state index in [1.165, 1.54) is 6.07 Å². The van der Waals surface area contributed by atoms with Crippen molar-refractivity contribution in [1.29, 1.82) is 0 Å². The highest BCUT2D eigenvalue weighted by Crippen LogP contribution is 2.28. The SMILES string of the molecule is NC(=O)COc1ccc(-c2noc(-c3cc4nc(C(F)F)cc(C(F)F)n4n3)n2)cc1. The fraction of sp³-hybridized carbons (Fsp3) is 0.167. The summed E-state index contributed by atoms with van der Waals surface area (Å²) in [5.41, 5.74) is 3.78. The molecule has 0 aliphatic rings. The van der Waals surface area contributed by atoms with Gasteiger partial charge in [-0.15, -0.1) is 0 Å². The van der Waals surface area contributed by atoms with Crippen LogP contribution in [0.1, 0.15) is 24.2 Å². The zero-order valence-electron chi connectivity index (χ0n) is 15.4. The number of aromatic nitrogens is 5. The second kappa shape index (κ2) is 8.01. The van der Waals surface area contributed by atoms with E-state index in [0.717, 1.165) is 4.52 Å². The quantitative estimate of drug-likeness (QED) is 0.442. The van der Waals surface area contributed by atoms with Crippen LogP contribution in [0.25, 0.3) is 28.6 Å². The molecule has 31 heavy (non-hydrogen) atoms. The van der Waals surface area contributed by atoms with Gasteiger partial charge in [0, 0.05) is 11.6 Å². The molecular formula is C18H12F4N6O3. The van der Waals surface area contributed by atoms with Crippen LogP contribution in [0.5, 0.6) is 5.75 Å². The van der Waals surface area contributed by atoms with Crippen molar-refractivity contribution in [2.75, 3.05) is 6.61 Å². The summed E-state index contributed by atoms with van der Waals surface area (Å²) < 4.78 is 63.5. The van der Waals surface area contributed by atoms with Crippen LogP contribution in [0.3, 0.4) is 0 Å². The maximum Gasteiger partial charge on any atom is 0.280 e. The molecule has 9 nitrogen and oxygen atoms in total. The van der Waals surface area contributed by atoms with Crippen molar-refractivity contribution < 1.29 is 31.6 Å². The molecule has 1 aromatic carbocycles. The van der Waals surface area contributed by atoms with Crippen molar-refractivity contribution in [1.82, 2.24) is 24.7 Å². The maximum atomic E-state index is 13.3. The number of nitrogens with two attached hydrogens (primary N) is 1. The number of hydrogen-bond acceptors (Lipinski definition) is 7.